The van der Waals surface area contributed by atoms with E-state index < -0.39 is 67.3 Å². The van der Waals surface area contributed by atoms with E-state index in [1.165, 1.54) is 199 Å². The van der Waals surface area contributed by atoms with Crippen molar-refractivity contribution in [2.45, 2.75) is 366 Å². The Kier molecular flexibility index (Phi) is 52.3. The molecule has 0 radical (unpaired) electrons. The zero-order valence-electron chi connectivity index (χ0n) is 51.1. The zero-order valence-corrected chi connectivity index (χ0v) is 51.1. The van der Waals surface area contributed by atoms with Gasteiger partial charge < -0.3 is 39.0 Å². The van der Waals surface area contributed by atoms with Crippen molar-refractivity contribution in [3.8, 4) is 0 Å². The number of esters is 3. The van der Waals surface area contributed by atoms with Gasteiger partial charge in [0.25, 0.3) is 0 Å². The third kappa shape index (κ3) is 45.4. The predicted molar refractivity (Wildman–Crippen MR) is 322 cm³/mol. The molecule has 6 unspecified atom stereocenters. The van der Waals surface area contributed by atoms with Gasteiger partial charge >= 0.3 is 23.9 Å². The number of carboxylic acids is 1. The van der Waals surface area contributed by atoms with Gasteiger partial charge in [0.1, 0.15) is 18.8 Å². The number of carbonyl (C=O) groups excluding carboxylic acids is 3. The number of hydrogen-bond donors (Lipinski definition) is 3. The number of unbranched alkanes of at least 4 members (excludes halogenated alkanes) is 40. The maximum atomic E-state index is 13.2. The molecule has 0 spiro atoms. The topological polar surface area (TPSA) is 175 Å². The lowest BCUT2D eigenvalue weighted by Gasteiger charge is -2.40. The van der Waals surface area contributed by atoms with Gasteiger partial charge in [-0.2, -0.15) is 0 Å². The Balaban J connectivity index is 2.62. The normalized spacial score (nSPS) is 17.9. The van der Waals surface area contributed by atoms with Crippen LogP contribution in [-0.2, 0) is 42.9 Å². The molecular formula is C67H122O12. The number of hydrogen-bond acceptors (Lipinski definition) is 11. The van der Waals surface area contributed by atoms with Crippen molar-refractivity contribution in [1.82, 2.24) is 0 Å². The summed E-state index contributed by atoms with van der Waals surface area (Å²) in [5, 5.41) is 31.6. The molecule has 1 aliphatic heterocycles. The maximum absolute atomic E-state index is 13.2. The third-order valence-corrected chi connectivity index (χ3v) is 15.5. The number of carboxylic acid groups (broad SMARTS) is 1. The molecule has 6 atom stereocenters. The molecule has 0 bridgehead atoms. The number of aliphatic carboxylic acids is 1. The molecule has 0 aliphatic carbocycles. The van der Waals surface area contributed by atoms with Gasteiger partial charge in [0.2, 0.25) is 0 Å². The Labute approximate surface area is 483 Å². The van der Waals surface area contributed by atoms with Gasteiger partial charge in [-0.1, -0.05) is 263 Å². The van der Waals surface area contributed by atoms with E-state index in [1.54, 1.807) is 0 Å². The van der Waals surface area contributed by atoms with Crippen LogP contribution < -0.4 is 0 Å². The lowest BCUT2D eigenvalue weighted by atomic mass is 9.98. The number of aliphatic hydroxyl groups is 2. The van der Waals surface area contributed by atoms with E-state index in [0.717, 1.165) is 70.6 Å². The summed E-state index contributed by atoms with van der Waals surface area (Å²) in [5.74, 6) is -3.09. The van der Waals surface area contributed by atoms with E-state index >= 15 is 0 Å². The average molecular weight is 1120 g/mol. The minimum atomic E-state index is -1.90. The number of ether oxygens (including phenoxy) is 5. The Morgan fingerprint density at radius 3 is 1.08 bits per heavy atom. The molecule has 1 heterocycles. The van der Waals surface area contributed by atoms with Crippen molar-refractivity contribution in [2.24, 2.45) is 0 Å². The van der Waals surface area contributed by atoms with Crippen molar-refractivity contribution in [3.05, 3.63) is 24.3 Å². The van der Waals surface area contributed by atoms with Crippen LogP contribution >= 0.6 is 0 Å². The van der Waals surface area contributed by atoms with Crippen LogP contribution in [0.3, 0.4) is 0 Å². The van der Waals surface area contributed by atoms with Crippen molar-refractivity contribution in [1.29, 1.82) is 0 Å². The van der Waals surface area contributed by atoms with E-state index in [9.17, 15) is 34.5 Å². The summed E-state index contributed by atoms with van der Waals surface area (Å²) in [4.78, 5) is 51.3. The smallest absolute Gasteiger partial charge is 0.335 e. The molecule has 462 valence electrons. The van der Waals surface area contributed by atoms with Gasteiger partial charge in [-0.15, -0.1) is 0 Å². The second-order valence-corrected chi connectivity index (χ2v) is 23.1. The van der Waals surface area contributed by atoms with Gasteiger partial charge in [0, 0.05) is 19.3 Å². The first kappa shape index (κ1) is 74.2. The second-order valence-electron chi connectivity index (χ2n) is 23.1. The largest absolute Gasteiger partial charge is 0.479 e. The fourth-order valence-electron chi connectivity index (χ4n) is 10.4. The maximum Gasteiger partial charge on any atom is 0.335 e. The fourth-order valence-corrected chi connectivity index (χ4v) is 10.4. The van der Waals surface area contributed by atoms with Crippen LogP contribution in [0.15, 0.2) is 24.3 Å². The molecule has 0 aromatic carbocycles. The van der Waals surface area contributed by atoms with Gasteiger partial charge in [-0.05, 0) is 70.6 Å². The molecule has 0 amide bonds. The Morgan fingerprint density at radius 1 is 0.405 bits per heavy atom. The van der Waals surface area contributed by atoms with E-state index in [2.05, 4.69) is 45.1 Å². The summed E-state index contributed by atoms with van der Waals surface area (Å²) in [6, 6.07) is 0. The molecule has 1 aliphatic rings. The van der Waals surface area contributed by atoms with Crippen LogP contribution in [-0.4, -0.2) is 89.2 Å². The number of allylic oxidation sites excluding steroid dienone is 4. The first-order chi connectivity index (χ1) is 38.6. The molecule has 1 fully saturated rings. The summed E-state index contributed by atoms with van der Waals surface area (Å²) in [6.07, 6.45) is 52.8. The molecule has 1 saturated heterocycles. The Bertz CT molecular complexity index is 1470. The van der Waals surface area contributed by atoms with Crippen LogP contribution in [0.4, 0.5) is 0 Å². The molecule has 0 aromatic rings. The van der Waals surface area contributed by atoms with Crippen molar-refractivity contribution < 1.29 is 58.2 Å². The minimum absolute atomic E-state index is 0.0604. The number of rotatable bonds is 58. The standard InChI is InChI=1S/C67H122O12/c1-4-7-10-13-16-19-22-25-27-29-30-32-33-36-38-41-44-47-50-53-59(68)75-56-58(77-60(69)54-51-48-45-42-39-35-24-21-18-15-12-9-6-3)57-76-67-65(63(72)62(71)64(79-67)66(73)74)78-61(70)55-52-49-46-43-40-37-34-31-28-26-23-20-17-14-11-8-5-2/h25-28,58,62-65,67,71-72H,4-24,29-57H2,1-3H3,(H,73,74)/b27-25-,28-26-. The first-order valence-corrected chi connectivity index (χ1v) is 33.3. The van der Waals surface area contributed by atoms with E-state index in [1.807, 2.05) is 0 Å². The monoisotopic (exact) mass is 1120 g/mol. The highest BCUT2D eigenvalue weighted by Crippen LogP contribution is 2.27. The van der Waals surface area contributed by atoms with Crippen LogP contribution in [0.2, 0.25) is 0 Å². The summed E-state index contributed by atoms with van der Waals surface area (Å²) < 4.78 is 28.6. The quantitative estimate of drug-likeness (QED) is 0.0228. The summed E-state index contributed by atoms with van der Waals surface area (Å²) in [6.45, 7) is 6.04. The number of carbonyl (C=O) groups is 4. The van der Waals surface area contributed by atoms with E-state index in [-0.39, 0.29) is 25.9 Å². The SMILES string of the molecule is CCCCCCCC/C=C\CCCCCCCCCCCC(=O)OCC(COC1OC(C(=O)O)C(O)C(O)C1OC(=O)CCCCCCCCC/C=C\CCCCCCCC)OC(=O)CCCCCCCCCCCCCCC. The third-order valence-electron chi connectivity index (χ3n) is 15.5. The predicted octanol–water partition coefficient (Wildman–Crippen LogP) is 17.8. The molecule has 0 saturated carbocycles. The summed E-state index contributed by atoms with van der Waals surface area (Å²) in [7, 11) is 0. The van der Waals surface area contributed by atoms with Crippen LogP contribution in [0, 0.1) is 0 Å². The lowest BCUT2D eigenvalue weighted by molar-refractivity contribution is -0.301. The molecule has 79 heavy (non-hydrogen) atoms. The van der Waals surface area contributed by atoms with Crippen LogP contribution in [0.5, 0.6) is 0 Å². The van der Waals surface area contributed by atoms with Gasteiger partial charge in [0.15, 0.2) is 24.6 Å². The molecule has 3 N–H and O–H groups in total. The molecule has 0 aromatic heterocycles. The highest BCUT2D eigenvalue weighted by atomic mass is 16.7. The number of aliphatic hydroxyl groups excluding tert-OH is 2. The highest BCUT2D eigenvalue weighted by molar-refractivity contribution is 5.74. The highest BCUT2D eigenvalue weighted by Gasteiger charge is 2.50. The van der Waals surface area contributed by atoms with Gasteiger partial charge in [0.05, 0.1) is 6.61 Å². The summed E-state index contributed by atoms with van der Waals surface area (Å²) >= 11 is 0. The molecule has 1 rings (SSSR count). The fraction of sp³-hybridized carbons (Fsp3) is 0.881. The summed E-state index contributed by atoms with van der Waals surface area (Å²) in [5.41, 5.74) is 0. The average Bonchev–Trinajstić information content (AvgIpc) is 3.47. The van der Waals surface area contributed by atoms with Gasteiger partial charge in [-0.25, -0.2) is 4.79 Å². The van der Waals surface area contributed by atoms with E-state index in [4.69, 9.17) is 23.7 Å². The van der Waals surface area contributed by atoms with E-state index in [0.29, 0.717) is 19.3 Å². The lowest BCUT2D eigenvalue weighted by Crippen LogP contribution is -2.61. The Hall–Kier alpha value is -2.80. The Morgan fingerprint density at radius 2 is 0.722 bits per heavy atom. The van der Waals surface area contributed by atoms with Crippen LogP contribution in [0.1, 0.15) is 329 Å². The molecular weight excluding hydrogens is 997 g/mol. The van der Waals surface area contributed by atoms with Crippen molar-refractivity contribution in [2.75, 3.05) is 13.2 Å². The van der Waals surface area contributed by atoms with Crippen LogP contribution in [0.25, 0.3) is 0 Å². The second kappa shape index (κ2) is 55.7. The first-order valence-electron chi connectivity index (χ1n) is 33.3. The van der Waals surface area contributed by atoms with Crippen molar-refractivity contribution in [3.63, 3.8) is 0 Å². The van der Waals surface area contributed by atoms with Gasteiger partial charge in [-0.3, -0.25) is 14.4 Å². The zero-order chi connectivity index (χ0) is 57.5. The van der Waals surface area contributed by atoms with Crippen molar-refractivity contribution >= 4 is 23.9 Å². The molecule has 12 heteroatoms. The minimum Gasteiger partial charge on any atom is -0.479 e. The molecule has 12 nitrogen and oxygen atoms in total.